The summed E-state index contributed by atoms with van der Waals surface area (Å²) in [4.78, 5) is 28.8. The number of cyclic esters (lactones) is 1. The van der Waals surface area contributed by atoms with E-state index in [0.717, 1.165) is 5.56 Å². The number of methoxy groups -OCH3 is 1. The van der Waals surface area contributed by atoms with Gasteiger partial charge in [0.2, 0.25) is 12.0 Å². The number of esters is 1. The SMILES string of the molecule is CN=C(N)NCOc1cc(C(=O)O)ccc1OC1OC2(CCc3c(cc(OCCc4ccccc4)c(O)c3OC)C(=O)OC2)C(O)C(O)C1O. The number of carbonyl (C=O) groups excluding carboxylic acids is 1. The number of benzene rings is 3. The lowest BCUT2D eigenvalue weighted by molar-refractivity contribution is -0.320. The van der Waals surface area contributed by atoms with Crippen LogP contribution >= 0.6 is 0 Å². The average Bonchev–Trinajstić information content (AvgIpc) is 3.11. The van der Waals surface area contributed by atoms with Crippen LogP contribution in [0.1, 0.15) is 38.3 Å². The monoisotopic (exact) mass is 697 g/mol. The lowest BCUT2D eigenvalue weighted by Crippen LogP contribution is -2.67. The molecule has 5 rings (SSSR count). The Bertz CT molecular complexity index is 1720. The first-order chi connectivity index (χ1) is 24.0. The van der Waals surface area contributed by atoms with Crippen molar-refractivity contribution in [1.82, 2.24) is 5.32 Å². The number of nitrogens with two attached hydrogens (primary N) is 1. The van der Waals surface area contributed by atoms with Gasteiger partial charge in [-0.15, -0.1) is 0 Å². The minimum atomic E-state index is -1.84. The highest BCUT2D eigenvalue weighted by atomic mass is 16.7. The Morgan fingerprint density at radius 3 is 2.52 bits per heavy atom. The number of aromatic carboxylic acids is 1. The van der Waals surface area contributed by atoms with E-state index in [9.17, 15) is 35.1 Å². The van der Waals surface area contributed by atoms with Gasteiger partial charge in [0.25, 0.3) is 0 Å². The standard InChI is InChI=1S/C34H39N3O13/c1-36-33(35)37-17-48-23-14-19(30(42)43)8-9-22(23)49-32-27(40)26(39)29(41)34(50-32)12-10-20-21(31(44)47-16-34)15-24(25(38)28(20)45-2)46-13-11-18-6-4-3-5-7-18/h3-9,14-15,26-27,29,32,38-41H,10-13,16-17H2,1-2H3,(H,42,43)(H3,35,36,37). The van der Waals surface area contributed by atoms with Crippen LogP contribution in [0.4, 0.5) is 0 Å². The molecule has 0 amide bonds. The fourth-order valence-corrected chi connectivity index (χ4v) is 5.71. The molecule has 268 valence electrons. The van der Waals surface area contributed by atoms with Crippen molar-refractivity contribution in [2.24, 2.45) is 10.7 Å². The van der Waals surface area contributed by atoms with Crippen molar-refractivity contribution in [3.05, 3.63) is 76.9 Å². The Kier molecular flexibility index (Phi) is 11.2. The molecule has 3 aromatic rings. The molecule has 1 saturated heterocycles. The minimum Gasteiger partial charge on any atom is -0.502 e. The predicted molar refractivity (Wildman–Crippen MR) is 175 cm³/mol. The molecule has 50 heavy (non-hydrogen) atoms. The van der Waals surface area contributed by atoms with Crippen molar-refractivity contribution in [2.75, 3.05) is 34.1 Å². The fraction of sp³-hybridized carbons (Fsp3) is 0.382. The summed E-state index contributed by atoms with van der Waals surface area (Å²) < 4.78 is 34.6. The molecule has 16 heteroatoms. The van der Waals surface area contributed by atoms with Crippen molar-refractivity contribution in [1.29, 1.82) is 0 Å². The number of nitrogens with one attached hydrogen (secondary N) is 1. The zero-order valence-electron chi connectivity index (χ0n) is 27.3. The number of nitrogens with zero attached hydrogens (tertiary/aromatic N) is 1. The van der Waals surface area contributed by atoms with E-state index in [0.29, 0.717) is 6.42 Å². The van der Waals surface area contributed by atoms with E-state index in [1.165, 1.54) is 38.4 Å². The summed E-state index contributed by atoms with van der Waals surface area (Å²) in [7, 11) is 2.76. The summed E-state index contributed by atoms with van der Waals surface area (Å²) in [5, 5.41) is 56.3. The lowest BCUT2D eigenvalue weighted by Gasteiger charge is -2.48. The molecule has 0 aliphatic carbocycles. The summed E-state index contributed by atoms with van der Waals surface area (Å²) in [6.07, 6.45) is -6.68. The Hall–Kier alpha value is -5.29. The molecule has 2 aliphatic rings. The zero-order valence-corrected chi connectivity index (χ0v) is 27.3. The average molecular weight is 698 g/mol. The number of fused-ring (bicyclic) bond motifs is 1. The van der Waals surface area contributed by atoms with Crippen molar-refractivity contribution >= 4 is 17.9 Å². The van der Waals surface area contributed by atoms with E-state index in [4.69, 9.17) is 34.2 Å². The Labute approximate surface area is 286 Å². The van der Waals surface area contributed by atoms with Gasteiger partial charge < -0.3 is 65.0 Å². The van der Waals surface area contributed by atoms with Crippen molar-refractivity contribution < 1.29 is 63.5 Å². The first-order valence-electron chi connectivity index (χ1n) is 15.6. The molecule has 5 unspecified atom stereocenters. The van der Waals surface area contributed by atoms with Crippen LogP contribution in [-0.4, -0.2) is 108 Å². The number of carboxylic acids is 1. The van der Waals surface area contributed by atoms with Crippen molar-refractivity contribution in [3.8, 4) is 28.7 Å². The summed E-state index contributed by atoms with van der Waals surface area (Å²) in [5.74, 6) is -2.62. The summed E-state index contributed by atoms with van der Waals surface area (Å²) in [6, 6.07) is 14.6. The number of rotatable bonds is 11. The molecule has 16 nitrogen and oxygen atoms in total. The Balaban J connectivity index is 1.39. The van der Waals surface area contributed by atoms with Gasteiger partial charge in [-0.25, -0.2) is 9.59 Å². The molecule has 0 saturated carbocycles. The third-order valence-electron chi connectivity index (χ3n) is 8.48. The molecule has 0 radical (unpaired) electrons. The number of phenols is 1. The van der Waals surface area contributed by atoms with Gasteiger partial charge in [-0.2, -0.15) is 0 Å². The highest BCUT2D eigenvalue weighted by molar-refractivity contribution is 5.93. The number of carbonyl (C=O) groups is 2. The molecular formula is C34H39N3O13. The molecule has 1 spiro atoms. The van der Waals surface area contributed by atoms with E-state index in [2.05, 4.69) is 10.3 Å². The summed E-state index contributed by atoms with van der Waals surface area (Å²) >= 11 is 0. The quantitative estimate of drug-likeness (QED) is 0.0639. The minimum absolute atomic E-state index is 0.0107. The molecule has 3 aromatic carbocycles. The number of hydrogen-bond donors (Lipinski definition) is 7. The van der Waals surface area contributed by atoms with Crippen LogP contribution in [0.3, 0.4) is 0 Å². The largest absolute Gasteiger partial charge is 0.502 e. The van der Waals surface area contributed by atoms with E-state index < -0.39 is 48.7 Å². The lowest BCUT2D eigenvalue weighted by atomic mass is 9.81. The Morgan fingerprint density at radius 1 is 1.06 bits per heavy atom. The summed E-state index contributed by atoms with van der Waals surface area (Å²) in [5.41, 5.74) is 4.98. The van der Waals surface area contributed by atoms with Gasteiger partial charge in [-0.3, -0.25) is 4.99 Å². The van der Waals surface area contributed by atoms with Crippen molar-refractivity contribution in [3.63, 3.8) is 0 Å². The zero-order chi connectivity index (χ0) is 36.0. The topological polar surface area (TPSA) is 241 Å². The van der Waals surface area contributed by atoms with Gasteiger partial charge >= 0.3 is 11.9 Å². The van der Waals surface area contributed by atoms with Gasteiger partial charge in [0.15, 0.2) is 35.7 Å². The first-order valence-corrected chi connectivity index (χ1v) is 15.6. The van der Waals surface area contributed by atoms with Crippen LogP contribution in [0.25, 0.3) is 0 Å². The number of ether oxygens (including phenoxy) is 6. The van der Waals surface area contributed by atoms with Crippen LogP contribution in [-0.2, 0) is 22.3 Å². The number of aliphatic hydroxyl groups excluding tert-OH is 3. The maximum Gasteiger partial charge on any atom is 0.338 e. The van der Waals surface area contributed by atoms with Gasteiger partial charge in [0.1, 0.15) is 30.5 Å². The van der Waals surface area contributed by atoms with Gasteiger partial charge in [0.05, 0.1) is 24.8 Å². The maximum absolute atomic E-state index is 13.5. The third kappa shape index (κ3) is 7.63. The molecule has 1 fully saturated rings. The molecule has 2 aliphatic heterocycles. The second-order valence-corrected chi connectivity index (χ2v) is 11.6. The molecular weight excluding hydrogens is 658 g/mol. The molecule has 8 N–H and O–H groups in total. The van der Waals surface area contributed by atoms with Crippen LogP contribution in [0, 0.1) is 0 Å². The molecule has 0 bridgehead atoms. The fourth-order valence-electron chi connectivity index (χ4n) is 5.71. The van der Waals surface area contributed by atoms with Gasteiger partial charge in [-0.1, -0.05) is 30.3 Å². The number of aliphatic imine (C=N–C) groups is 1. The van der Waals surface area contributed by atoms with Crippen LogP contribution in [0.15, 0.2) is 59.6 Å². The highest BCUT2D eigenvalue weighted by Crippen LogP contribution is 2.45. The highest BCUT2D eigenvalue weighted by Gasteiger charge is 2.56. The van der Waals surface area contributed by atoms with Crippen LogP contribution in [0.5, 0.6) is 28.7 Å². The van der Waals surface area contributed by atoms with Crippen LogP contribution in [0.2, 0.25) is 0 Å². The van der Waals surface area contributed by atoms with E-state index in [1.54, 1.807) is 0 Å². The van der Waals surface area contributed by atoms with E-state index >= 15 is 0 Å². The molecule has 5 atom stereocenters. The normalized spacial score (nSPS) is 23.5. The second kappa shape index (κ2) is 15.5. The predicted octanol–water partition coefficient (Wildman–Crippen LogP) is 0.951. The van der Waals surface area contributed by atoms with E-state index in [-0.39, 0.29) is 77.6 Å². The Morgan fingerprint density at radius 2 is 1.82 bits per heavy atom. The molecule has 2 heterocycles. The number of guanidine groups is 1. The third-order valence-corrected chi connectivity index (χ3v) is 8.48. The maximum atomic E-state index is 13.5. The molecule has 0 aromatic heterocycles. The van der Waals surface area contributed by atoms with E-state index in [1.807, 2.05) is 30.3 Å². The van der Waals surface area contributed by atoms with Gasteiger partial charge in [0, 0.05) is 19.0 Å². The number of aliphatic hydroxyl groups is 3. The smallest absolute Gasteiger partial charge is 0.338 e. The van der Waals surface area contributed by atoms with Crippen LogP contribution < -0.4 is 30.0 Å². The van der Waals surface area contributed by atoms with Crippen molar-refractivity contribution in [2.45, 2.75) is 49.5 Å². The summed E-state index contributed by atoms with van der Waals surface area (Å²) in [6.45, 7) is -0.612. The number of hydrogen-bond acceptors (Lipinski definition) is 13. The number of aromatic hydroxyl groups is 1. The number of carboxylic acid groups (broad SMARTS) is 1. The first kappa shape index (κ1) is 36.0. The van der Waals surface area contributed by atoms with Gasteiger partial charge in [-0.05, 0) is 42.7 Å². The number of phenolic OH excluding ortho intramolecular Hbond substituents is 1. The second-order valence-electron chi connectivity index (χ2n) is 11.6.